The lowest BCUT2D eigenvalue weighted by molar-refractivity contribution is 0.0137. The van der Waals surface area contributed by atoms with Crippen molar-refractivity contribution in [3.05, 3.63) is 102 Å². The lowest BCUT2D eigenvalue weighted by atomic mass is 9.98. The average molecular weight is 455 g/mol. The number of amides is 1. The summed E-state index contributed by atoms with van der Waals surface area (Å²) in [5, 5.41) is 24.5. The Hall–Kier alpha value is -3.74. The number of aromatic nitrogens is 1. The van der Waals surface area contributed by atoms with Gasteiger partial charge in [0, 0.05) is 24.0 Å². The molecule has 1 aliphatic rings. The van der Waals surface area contributed by atoms with Crippen LogP contribution >= 0.6 is 0 Å². The number of aliphatic hydroxyl groups is 2. The number of carbonyl (C=O) groups excluding carboxylic acids is 1. The highest BCUT2D eigenvalue weighted by Gasteiger charge is 2.29. The predicted molar refractivity (Wildman–Crippen MR) is 130 cm³/mol. The molecule has 4 aromatic rings. The Morgan fingerprint density at radius 3 is 2.38 bits per heavy atom. The van der Waals surface area contributed by atoms with Gasteiger partial charge in [0.15, 0.2) is 0 Å². The first kappa shape index (κ1) is 22.1. The van der Waals surface area contributed by atoms with Crippen molar-refractivity contribution in [2.75, 3.05) is 13.2 Å². The zero-order valence-electron chi connectivity index (χ0n) is 18.6. The molecular formula is C28H26N2O4. The van der Waals surface area contributed by atoms with E-state index in [4.69, 9.17) is 4.74 Å². The number of nitrogens with zero attached hydrogens (tertiary/aromatic N) is 1. The molecule has 0 radical (unpaired) electrons. The van der Waals surface area contributed by atoms with Crippen LogP contribution in [0.25, 0.3) is 22.0 Å². The van der Waals surface area contributed by atoms with Gasteiger partial charge >= 0.3 is 6.09 Å². The molecule has 0 fully saturated rings. The van der Waals surface area contributed by atoms with Crippen LogP contribution in [-0.4, -0.2) is 40.5 Å². The van der Waals surface area contributed by atoms with Crippen LogP contribution in [0.2, 0.25) is 0 Å². The van der Waals surface area contributed by atoms with Crippen molar-refractivity contribution in [2.24, 2.45) is 0 Å². The van der Waals surface area contributed by atoms with Gasteiger partial charge in [0.05, 0.1) is 11.6 Å². The molecule has 172 valence electrons. The molecule has 2 atom stereocenters. The number of fused-ring (bicyclic) bond motifs is 4. The van der Waals surface area contributed by atoms with Crippen LogP contribution in [0.1, 0.15) is 35.1 Å². The van der Waals surface area contributed by atoms with E-state index in [1.807, 2.05) is 48.5 Å². The van der Waals surface area contributed by atoms with E-state index in [0.29, 0.717) is 5.56 Å². The molecule has 0 saturated carbocycles. The smallest absolute Gasteiger partial charge is 0.407 e. The maximum Gasteiger partial charge on any atom is 0.407 e. The van der Waals surface area contributed by atoms with Crippen LogP contribution in [0.5, 0.6) is 0 Å². The van der Waals surface area contributed by atoms with Crippen molar-refractivity contribution in [3.8, 4) is 11.1 Å². The summed E-state index contributed by atoms with van der Waals surface area (Å²) in [7, 11) is 0. The molecule has 6 heteroatoms. The molecule has 0 bridgehead atoms. The topological polar surface area (TPSA) is 91.7 Å². The van der Waals surface area contributed by atoms with Crippen LogP contribution in [-0.2, 0) is 4.74 Å². The van der Waals surface area contributed by atoms with Crippen LogP contribution < -0.4 is 5.32 Å². The number of pyridine rings is 1. The van der Waals surface area contributed by atoms with Crippen molar-refractivity contribution in [2.45, 2.75) is 24.5 Å². The molecule has 3 aromatic carbocycles. The number of hydrogen-bond donors (Lipinski definition) is 3. The highest BCUT2D eigenvalue weighted by atomic mass is 16.5. The van der Waals surface area contributed by atoms with Crippen molar-refractivity contribution in [3.63, 3.8) is 0 Å². The fraction of sp³-hybridized carbons (Fsp3) is 0.214. The first-order valence-electron chi connectivity index (χ1n) is 11.4. The van der Waals surface area contributed by atoms with Crippen LogP contribution in [0.15, 0.2) is 85.1 Å². The fourth-order valence-electron chi connectivity index (χ4n) is 4.63. The van der Waals surface area contributed by atoms with Gasteiger partial charge in [-0.2, -0.15) is 0 Å². The zero-order chi connectivity index (χ0) is 23.5. The van der Waals surface area contributed by atoms with E-state index in [2.05, 4.69) is 34.6 Å². The molecule has 6 nitrogen and oxygen atoms in total. The number of hydrogen-bond acceptors (Lipinski definition) is 5. The Labute approximate surface area is 197 Å². The van der Waals surface area contributed by atoms with E-state index in [-0.39, 0.29) is 25.5 Å². The van der Waals surface area contributed by atoms with Gasteiger partial charge in [-0.3, -0.25) is 4.98 Å². The Bertz CT molecular complexity index is 1280. The molecule has 0 saturated heterocycles. The Morgan fingerprint density at radius 2 is 1.65 bits per heavy atom. The second-order valence-corrected chi connectivity index (χ2v) is 8.51. The standard InChI is InChI=1S/C28H26N2O4/c31-26(27(32)19-11-12-25-18(16-19)6-5-14-29-25)13-15-30-28(33)34-17-24-22-9-3-1-7-20(22)21-8-2-4-10-23(21)24/h1-12,14,16,24,26-27,31-32H,13,15,17H2,(H,30,33). The molecule has 3 N–H and O–H groups in total. The summed E-state index contributed by atoms with van der Waals surface area (Å²) in [6.07, 6.45) is -0.726. The van der Waals surface area contributed by atoms with Gasteiger partial charge in [-0.15, -0.1) is 0 Å². The van der Waals surface area contributed by atoms with Crippen LogP contribution in [0.4, 0.5) is 4.79 Å². The molecule has 34 heavy (non-hydrogen) atoms. The summed E-state index contributed by atoms with van der Waals surface area (Å²) in [4.78, 5) is 16.6. The van der Waals surface area contributed by atoms with Gasteiger partial charge in [-0.05, 0) is 52.4 Å². The molecule has 1 heterocycles. The van der Waals surface area contributed by atoms with E-state index < -0.39 is 18.3 Å². The Balaban J connectivity index is 1.13. The maximum absolute atomic E-state index is 12.3. The summed E-state index contributed by atoms with van der Waals surface area (Å²) < 4.78 is 5.51. The number of nitrogens with one attached hydrogen (secondary N) is 1. The third-order valence-corrected chi connectivity index (χ3v) is 6.39. The summed E-state index contributed by atoms with van der Waals surface area (Å²) >= 11 is 0. The van der Waals surface area contributed by atoms with E-state index in [1.54, 1.807) is 12.3 Å². The van der Waals surface area contributed by atoms with Gasteiger partial charge in [0.25, 0.3) is 0 Å². The average Bonchev–Trinajstić information content (AvgIpc) is 3.20. The largest absolute Gasteiger partial charge is 0.449 e. The summed E-state index contributed by atoms with van der Waals surface area (Å²) in [6.45, 7) is 0.417. The molecule has 1 aliphatic carbocycles. The van der Waals surface area contributed by atoms with E-state index in [9.17, 15) is 15.0 Å². The van der Waals surface area contributed by atoms with Crippen molar-refractivity contribution < 1.29 is 19.7 Å². The molecule has 2 unspecified atom stereocenters. The lowest BCUT2D eigenvalue weighted by Gasteiger charge is -2.19. The highest BCUT2D eigenvalue weighted by Crippen LogP contribution is 2.44. The SMILES string of the molecule is O=C(NCCC(O)C(O)c1ccc2ncccc2c1)OCC1c2ccccc2-c2ccccc21. The number of alkyl carbamates (subject to hydrolysis) is 1. The van der Waals surface area contributed by atoms with Crippen LogP contribution in [0.3, 0.4) is 0 Å². The molecule has 0 spiro atoms. The quantitative estimate of drug-likeness (QED) is 0.381. The predicted octanol–water partition coefficient (Wildman–Crippen LogP) is 4.56. The molecule has 1 aromatic heterocycles. The number of ether oxygens (including phenoxy) is 1. The minimum Gasteiger partial charge on any atom is -0.449 e. The zero-order valence-corrected chi connectivity index (χ0v) is 18.6. The number of benzene rings is 3. The first-order chi connectivity index (χ1) is 16.6. The molecule has 0 aliphatic heterocycles. The third kappa shape index (κ3) is 4.38. The van der Waals surface area contributed by atoms with Gasteiger partial charge in [0.1, 0.15) is 12.7 Å². The van der Waals surface area contributed by atoms with E-state index in [0.717, 1.165) is 22.0 Å². The second-order valence-electron chi connectivity index (χ2n) is 8.51. The van der Waals surface area contributed by atoms with Crippen LogP contribution in [0, 0.1) is 0 Å². The van der Waals surface area contributed by atoms with Gasteiger partial charge < -0.3 is 20.3 Å². The summed E-state index contributed by atoms with van der Waals surface area (Å²) in [5.74, 6) is -0.00652. The number of rotatable bonds is 7. The minimum absolute atomic E-state index is 0.00652. The van der Waals surface area contributed by atoms with E-state index in [1.165, 1.54) is 11.1 Å². The fourth-order valence-corrected chi connectivity index (χ4v) is 4.63. The van der Waals surface area contributed by atoms with Gasteiger partial charge in [0.2, 0.25) is 0 Å². The van der Waals surface area contributed by atoms with Gasteiger partial charge in [-0.1, -0.05) is 60.7 Å². The molecule has 1 amide bonds. The number of carbonyl (C=O) groups is 1. The molecule has 5 rings (SSSR count). The lowest BCUT2D eigenvalue weighted by Crippen LogP contribution is -2.30. The Morgan fingerprint density at radius 1 is 0.941 bits per heavy atom. The number of aliphatic hydroxyl groups excluding tert-OH is 2. The summed E-state index contributed by atoms with van der Waals surface area (Å²) in [6, 6.07) is 25.5. The normalized spacial score (nSPS) is 14.3. The van der Waals surface area contributed by atoms with Gasteiger partial charge in [-0.25, -0.2) is 4.79 Å². The minimum atomic E-state index is -1.06. The summed E-state index contributed by atoms with van der Waals surface area (Å²) in [5.41, 5.74) is 6.09. The Kier molecular flexibility index (Phi) is 6.25. The third-order valence-electron chi connectivity index (χ3n) is 6.39. The van der Waals surface area contributed by atoms with Crippen molar-refractivity contribution in [1.82, 2.24) is 10.3 Å². The first-order valence-corrected chi connectivity index (χ1v) is 11.4. The maximum atomic E-state index is 12.3. The van der Waals surface area contributed by atoms with E-state index >= 15 is 0 Å². The monoisotopic (exact) mass is 454 g/mol. The highest BCUT2D eigenvalue weighted by molar-refractivity contribution is 5.80. The second kappa shape index (κ2) is 9.63. The van der Waals surface area contributed by atoms with Crippen molar-refractivity contribution >= 4 is 17.0 Å². The van der Waals surface area contributed by atoms with Crippen molar-refractivity contribution in [1.29, 1.82) is 0 Å². The molecular weight excluding hydrogens is 428 g/mol.